The van der Waals surface area contributed by atoms with E-state index >= 15 is 0 Å². The molecule has 0 N–H and O–H groups in total. The van der Waals surface area contributed by atoms with Gasteiger partial charge in [-0.15, -0.1) is 0 Å². The second-order valence-electron chi connectivity index (χ2n) is 24.2. The van der Waals surface area contributed by atoms with E-state index in [9.17, 15) is 0 Å². The van der Waals surface area contributed by atoms with E-state index in [4.69, 9.17) is 0 Å². The van der Waals surface area contributed by atoms with Crippen LogP contribution in [0, 0.1) is 0 Å². The van der Waals surface area contributed by atoms with Gasteiger partial charge in [0.1, 0.15) is 0 Å². The Morgan fingerprint density at radius 3 is 0.857 bits per heavy atom. The molecular formula is C88H54N2Se. The van der Waals surface area contributed by atoms with Gasteiger partial charge in [-0.25, -0.2) is 0 Å². The molecule has 0 saturated heterocycles. The molecule has 3 aromatic heterocycles. The van der Waals surface area contributed by atoms with Gasteiger partial charge in [0.15, 0.2) is 0 Å². The second kappa shape index (κ2) is 20.6. The molecule has 91 heavy (non-hydrogen) atoms. The molecule has 19 aromatic rings. The maximum atomic E-state index is 2.56. The largest absolute Gasteiger partial charge is 0.0617 e. The summed E-state index contributed by atoms with van der Waals surface area (Å²) in [7, 11) is 0. The number of benzene rings is 16. The van der Waals surface area contributed by atoms with Gasteiger partial charge in [-0.3, -0.25) is 0 Å². The van der Waals surface area contributed by atoms with E-state index in [2.05, 4.69) is 337 Å². The van der Waals surface area contributed by atoms with E-state index in [1.54, 1.807) is 0 Å². The zero-order valence-electron chi connectivity index (χ0n) is 49.5. The van der Waals surface area contributed by atoms with Crippen LogP contribution in [0.3, 0.4) is 0 Å². The van der Waals surface area contributed by atoms with Crippen LogP contribution in [0.4, 0.5) is 0 Å². The van der Waals surface area contributed by atoms with Crippen LogP contribution in [0.15, 0.2) is 328 Å². The number of aromatic nitrogens is 2. The van der Waals surface area contributed by atoms with Crippen molar-refractivity contribution < 1.29 is 0 Å². The van der Waals surface area contributed by atoms with E-state index in [1.807, 2.05) is 0 Å². The average molecular weight is 1220 g/mol. The predicted molar refractivity (Wildman–Crippen MR) is 390 cm³/mol. The Morgan fingerprint density at radius 2 is 0.495 bits per heavy atom. The summed E-state index contributed by atoms with van der Waals surface area (Å²) in [5.74, 6) is 0. The molecule has 16 aromatic carbocycles. The van der Waals surface area contributed by atoms with Crippen molar-refractivity contribution in [2.24, 2.45) is 0 Å². The number of hydrogen-bond acceptors (Lipinski definition) is 0. The first-order chi connectivity index (χ1) is 45.2. The van der Waals surface area contributed by atoms with E-state index in [-0.39, 0.29) is 14.5 Å². The van der Waals surface area contributed by atoms with Crippen LogP contribution in [-0.2, 0) is 0 Å². The van der Waals surface area contributed by atoms with Crippen molar-refractivity contribution in [3.8, 4) is 78.1 Å². The molecule has 0 saturated carbocycles. The minimum atomic E-state index is 0.107. The van der Waals surface area contributed by atoms with Gasteiger partial charge >= 0.3 is 381 Å². The summed E-state index contributed by atoms with van der Waals surface area (Å²) in [6.45, 7) is 0. The third-order valence-electron chi connectivity index (χ3n) is 19.3. The molecule has 0 amide bonds. The van der Waals surface area contributed by atoms with Gasteiger partial charge < -0.3 is 0 Å². The van der Waals surface area contributed by atoms with Crippen LogP contribution in [-0.4, -0.2) is 23.6 Å². The summed E-state index contributed by atoms with van der Waals surface area (Å²) in [4.78, 5) is 0. The Hall–Kier alpha value is -11.3. The van der Waals surface area contributed by atoms with Crippen LogP contribution in [0.5, 0.6) is 0 Å². The second-order valence-corrected chi connectivity index (χ2v) is 26.5. The topological polar surface area (TPSA) is 9.86 Å². The fourth-order valence-corrected chi connectivity index (χ4v) is 17.6. The molecular weight excluding hydrogens is 1160 g/mol. The average Bonchev–Trinajstić information content (AvgIpc) is 1.72. The molecule has 0 fully saturated rings. The van der Waals surface area contributed by atoms with Crippen molar-refractivity contribution in [1.82, 2.24) is 9.13 Å². The molecule has 3 heteroatoms. The molecule has 0 radical (unpaired) electrons. The molecule has 0 atom stereocenters. The summed E-state index contributed by atoms with van der Waals surface area (Å²) in [6.07, 6.45) is 0. The molecule has 0 spiro atoms. The van der Waals surface area contributed by atoms with Crippen LogP contribution in [0.1, 0.15) is 0 Å². The monoisotopic (exact) mass is 1220 g/mol. The first kappa shape index (κ1) is 51.7. The Bertz CT molecular complexity index is 5860. The number of rotatable bonds is 8. The van der Waals surface area contributed by atoms with Crippen molar-refractivity contribution in [2.45, 2.75) is 0 Å². The summed E-state index contributed by atoms with van der Waals surface area (Å²) < 4.78 is 7.95. The van der Waals surface area contributed by atoms with Gasteiger partial charge in [-0.1, -0.05) is 121 Å². The Balaban J connectivity index is 0.827. The summed E-state index contributed by atoms with van der Waals surface area (Å²) in [6, 6.07) is 123. The van der Waals surface area contributed by atoms with Crippen molar-refractivity contribution in [2.75, 3.05) is 0 Å². The first-order valence-corrected chi connectivity index (χ1v) is 33.1. The fraction of sp³-hybridized carbons (Fsp3) is 0. The minimum absolute atomic E-state index is 0.107. The standard InChI is InChI=1S/C88H54N2Se/c1-5-22-55(23-6-1)59-40-45-78-73(50-59)74-51-60(56-24-7-2-8-25-56)41-46-79(74)89(78)87-68-34-17-13-30-64(68)84(65-31-14-18-35-69(65)87)63-44-49-82-77(54-63)86-72(38-21-39-83(86)91-82)85-66-32-15-19-36-70(66)88(71-37-20-16-33-67(71)85)90-80-47-42-61(57-26-9-3-10-27-57)52-75(80)76-53-62(43-48-81(76)90)58-28-11-4-12-29-58/h1-54H. The van der Waals surface area contributed by atoms with Gasteiger partial charge in [0.25, 0.3) is 0 Å². The van der Waals surface area contributed by atoms with Gasteiger partial charge in [-0.05, 0) is 33.4 Å². The molecule has 3 heterocycles. The zero-order valence-corrected chi connectivity index (χ0v) is 51.2. The van der Waals surface area contributed by atoms with Gasteiger partial charge in [0.2, 0.25) is 0 Å². The molecule has 0 aliphatic rings. The Labute approximate surface area is 531 Å². The first-order valence-electron chi connectivity index (χ1n) is 31.4. The van der Waals surface area contributed by atoms with E-state index in [0.717, 1.165) is 0 Å². The molecule has 2 nitrogen and oxygen atoms in total. The van der Waals surface area contributed by atoms with Crippen LogP contribution in [0.25, 0.3) is 184 Å². The molecule has 0 aliphatic heterocycles. The molecule has 0 unspecified atom stereocenters. The minimum Gasteiger partial charge on any atom is -0.0617 e. The van der Waals surface area contributed by atoms with Gasteiger partial charge in [0.05, 0.1) is 0 Å². The number of hydrogen-bond donors (Lipinski definition) is 0. The normalized spacial score (nSPS) is 12.0. The Kier molecular flexibility index (Phi) is 11.7. The zero-order chi connectivity index (χ0) is 59.7. The predicted octanol–water partition coefficient (Wildman–Crippen LogP) is 23.9. The fourth-order valence-electron chi connectivity index (χ4n) is 15.3. The molecule has 422 valence electrons. The summed E-state index contributed by atoms with van der Waals surface area (Å²) in [5, 5.41) is 17.4. The van der Waals surface area contributed by atoms with E-state index in [0.29, 0.717) is 0 Å². The molecule has 19 rings (SSSR count). The van der Waals surface area contributed by atoms with Crippen molar-refractivity contribution >= 4 is 120 Å². The van der Waals surface area contributed by atoms with Gasteiger partial charge in [-0.2, -0.15) is 0 Å². The third-order valence-corrected chi connectivity index (χ3v) is 21.6. The Morgan fingerprint density at radius 1 is 0.187 bits per heavy atom. The quantitative estimate of drug-likeness (QED) is 0.106. The van der Waals surface area contributed by atoms with E-state index in [1.165, 1.54) is 184 Å². The van der Waals surface area contributed by atoms with Crippen molar-refractivity contribution in [3.63, 3.8) is 0 Å². The SMILES string of the molecule is c1ccc(-c2ccc3c(c2)c2cc(-c4ccccc4)ccc2n3-c2c3ccccc3c(-c3ccc4[se]c5cccc(-c6c7ccccc7c(-n7c8ccc(-c9ccccc9)cc8c8cc(-c9ccccc9)ccc87)c7ccccc67)c5c4c3)c3ccccc23)cc1. The molecule has 0 bridgehead atoms. The molecule has 0 aliphatic carbocycles. The van der Waals surface area contributed by atoms with Crippen molar-refractivity contribution in [1.29, 1.82) is 0 Å². The van der Waals surface area contributed by atoms with E-state index < -0.39 is 0 Å². The smallest absolute Gasteiger partial charge is 0.0544 e. The van der Waals surface area contributed by atoms with Gasteiger partial charge in [0, 0.05) is 0 Å². The summed E-state index contributed by atoms with van der Waals surface area (Å²) in [5.41, 5.74) is 21.8. The van der Waals surface area contributed by atoms with Crippen LogP contribution < -0.4 is 0 Å². The number of nitrogens with zero attached hydrogens (tertiary/aromatic N) is 2. The van der Waals surface area contributed by atoms with Crippen molar-refractivity contribution in [3.05, 3.63) is 328 Å². The third kappa shape index (κ3) is 8.05. The van der Waals surface area contributed by atoms with Crippen LogP contribution in [0.2, 0.25) is 0 Å². The summed E-state index contributed by atoms with van der Waals surface area (Å²) >= 11 is 0.107. The number of fused-ring (bicyclic) bond motifs is 13. The maximum Gasteiger partial charge on any atom is -0.0544 e. The van der Waals surface area contributed by atoms with Crippen LogP contribution >= 0.6 is 0 Å². The maximum absolute atomic E-state index is 2.56.